The van der Waals surface area contributed by atoms with Crippen molar-refractivity contribution < 1.29 is 4.74 Å². The van der Waals surface area contributed by atoms with Crippen LogP contribution in [0.5, 0.6) is 11.6 Å². The molecule has 3 aromatic rings. The van der Waals surface area contributed by atoms with Gasteiger partial charge in [0.1, 0.15) is 5.75 Å². The molecule has 0 unspecified atom stereocenters. The Labute approximate surface area is 137 Å². The van der Waals surface area contributed by atoms with E-state index in [0.717, 1.165) is 19.8 Å². The molecular weight excluding hydrogens is 400 g/mol. The lowest BCUT2D eigenvalue weighted by Gasteiger charge is -2.11. The first kappa shape index (κ1) is 14.2. The lowest BCUT2D eigenvalue weighted by molar-refractivity contribution is 0.466. The van der Waals surface area contributed by atoms with Crippen LogP contribution >= 0.6 is 31.9 Å². The molecule has 2 aromatic carbocycles. The van der Waals surface area contributed by atoms with Gasteiger partial charge in [0.25, 0.3) is 0 Å². The van der Waals surface area contributed by atoms with E-state index in [0.29, 0.717) is 17.6 Å². The third-order valence-corrected chi connectivity index (χ3v) is 3.91. The highest BCUT2D eigenvalue weighted by molar-refractivity contribution is 9.11. The van der Waals surface area contributed by atoms with Crippen molar-refractivity contribution in [3.05, 3.63) is 51.4 Å². The van der Waals surface area contributed by atoms with Gasteiger partial charge in [0.15, 0.2) is 0 Å². The fourth-order valence-electron chi connectivity index (χ4n) is 1.85. The number of anilines is 1. The summed E-state index contributed by atoms with van der Waals surface area (Å²) in [6.45, 7) is 0. The number of benzene rings is 2. The topological polar surface area (TPSA) is 73.1 Å². The minimum absolute atomic E-state index is 0.303. The van der Waals surface area contributed by atoms with Gasteiger partial charge >= 0.3 is 0 Å². The van der Waals surface area contributed by atoms with E-state index in [9.17, 15) is 0 Å². The fourth-order valence-corrected chi connectivity index (χ4v) is 2.98. The van der Waals surface area contributed by atoms with Crippen LogP contribution in [0.3, 0.4) is 0 Å². The first-order valence-electron chi connectivity index (χ1n) is 6.03. The van der Waals surface area contributed by atoms with Gasteiger partial charge < -0.3 is 4.74 Å². The second-order valence-corrected chi connectivity index (χ2v) is 5.96. The molecule has 0 bridgehead atoms. The Hall–Kier alpha value is -1.70. The molecule has 0 spiro atoms. The van der Waals surface area contributed by atoms with Crippen molar-refractivity contribution in [2.75, 3.05) is 5.43 Å². The molecule has 21 heavy (non-hydrogen) atoms. The van der Waals surface area contributed by atoms with Crippen molar-refractivity contribution in [2.24, 2.45) is 5.84 Å². The summed E-state index contributed by atoms with van der Waals surface area (Å²) in [5.41, 5.74) is 3.20. The molecule has 0 atom stereocenters. The number of fused-ring (bicyclic) bond motifs is 1. The number of nitrogens with zero attached hydrogens (tertiary/aromatic N) is 2. The first-order chi connectivity index (χ1) is 10.2. The summed E-state index contributed by atoms with van der Waals surface area (Å²) in [6.07, 6.45) is 0. The summed E-state index contributed by atoms with van der Waals surface area (Å²) in [5, 5.41) is 0.811. The number of hydrogen-bond donors (Lipinski definition) is 2. The lowest BCUT2D eigenvalue weighted by atomic mass is 10.2. The fraction of sp³-hybridized carbons (Fsp3) is 0. The Balaban J connectivity index is 2.10. The van der Waals surface area contributed by atoms with Crippen LogP contribution in [-0.2, 0) is 0 Å². The molecule has 3 rings (SSSR count). The number of ether oxygens (including phenoxy) is 1. The summed E-state index contributed by atoms with van der Waals surface area (Å²) in [5.74, 6) is 6.81. The van der Waals surface area contributed by atoms with Crippen LogP contribution in [0.4, 0.5) is 5.95 Å². The highest BCUT2D eigenvalue weighted by Gasteiger charge is 2.11. The Morgan fingerprint density at radius 1 is 1.05 bits per heavy atom. The zero-order valence-corrected chi connectivity index (χ0v) is 13.8. The third kappa shape index (κ3) is 2.99. The standard InChI is InChI=1S/C14H10Br2N4O/c15-8-5-6-12(10(16)7-8)21-13-9-3-1-2-4-11(9)18-14(19-13)20-17/h1-7H,17H2,(H,18,19,20). The van der Waals surface area contributed by atoms with Crippen molar-refractivity contribution in [1.82, 2.24) is 9.97 Å². The molecule has 0 aliphatic carbocycles. The largest absolute Gasteiger partial charge is 0.437 e. The molecule has 0 aliphatic heterocycles. The molecule has 1 aromatic heterocycles. The Bertz CT molecular complexity index is 810. The molecule has 5 nitrogen and oxygen atoms in total. The smallest absolute Gasteiger partial charge is 0.241 e. The summed E-state index contributed by atoms with van der Waals surface area (Å²) >= 11 is 6.87. The second kappa shape index (κ2) is 5.97. The number of aromatic nitrogens is 2. The van der Waals surface area contributed by atoms with Crippen molar-refractivity contribution in [2.45, 2.75) is 0 Å². The molecule has 3 N–H and O–H groups in total. The third-order valence-electron chi connectivity index (χ3n) is 2.80. The number of para-hydroxylation sites is 1. The van der Waals surface area contributed by atoms with Crippen molar-refractivity contribution in [3.8, 4) is 11.6 Å². The lowest BCUT2D eigenvalue weighted by Crippen LogP contribution is -2.11. The summed E-state index contributed by atoms with van der Waals surface area (Å²) in [4.78, 5) is 8.56. The van der Waals surface area contributed by atoms with E-state index >= 15 is 0 Å². The van der Waals surface area contributed by atoms with E-state index in [-0.39, 0.29) is 0 Å². The van der Waals surface area contributed by atoms with Crippen LogP contribution < -0.4 is 16.0 Å². The van der Waals surface area contributed by atoms with Crippen LogP contribution in [0.15, 0.2) is 51.4 Å². The van der Waals surface area contributed by atoms with Gasteiger partial charge in [0, 0.05) is 4.47 Å². The molecular formula is C14H10Br2N4O. The molecule has 106 valence electrons. The van der Waals surface area contributed by atoms with E-state index in [4.69, 9.17) is 10.6 Å². The molecule has 1 heterocycles. The number of nitrogens with one attached hydrogen (secondary N) is 1. The van der Waals surface area contributed by atoms with E-state index in [1.807, 2.05) is 42.5 Å². The first-order valence-corrected chi connectivity index (χ1v) is 7.62. The maximum absolute atomic E-state index is 5.91. The van der Waals surface area contributed by atoms with Gasteiger partial charge in [-0.25, -0.2) is 10.8 Å². The normalized spacial score (nSPS) is 10.6. The number of nitrogens with two attached hydrogens (primary N) is 1. The van der Waals surface area contributed by atoms with E-state index in [1.165, 1.54) is 0 Å². The van der Waals surface area contributed by atoms with Crippen molar-refractivity contribution in [3.63, 3.8) is 0 Å². The van der Waals surface area contributed by atoms with Crippen LogP contribution in [-0.4, -0.2) is 9.97 Å². The van der Waals surface area contributed by atoms with Crippen LogP contribution in [0.2, 0.25) is 0 Å². The highest BCUT2D eigenvalue weighted by Crippen LogP contribution is 2.34. The minimum atomic E-state index is 0.303. The van der Waals surface area contributed by atoms with Crippen molar-refractivity contribution >= 4 is 48.7 Å². The zero-order valence-electron chi connectivity index (χ0n) is 10.7. The molecule has 7 heteroatoms. The van der Waals surface area contributed by atoms with Gasteiger partial charge in [-0.3, -0.25) is 5.43 Å². The van der Waals surface area contributed by atoms with Gasteiger partial charge in [0.2, 0.25) is 11.8 Å². The van der Waals surface area contributed by atoms with Gasteiger partial charge in [-0.15, -0.1) is 0 Å². The predicted octanol–water partition coefficient (Wildman–Crippen LogP) is 4.23. The minimum Gasteiger partial charge on any atom is -0.437 e. The molecule has 0 amide bonds. The van der Waals surface area contributed by atoms with E-state index in [1.54, 1.807) is 0 Å². The van der Waals surface area contributed by atoms with Crippen LogP contribution in [0.1, 0.15) is 0 Å². The molecule has 0 aliphatic rings. The summed E-state index contributed by atoms with van der Waals surface area (Å²) in [7, 11) is 0. The van der Waals surface area contributed by atoms with Crippen LogP contribution in [0, 0.1) is 0 Å². The quantitative estimate of drug-likeness (QED) is 0.500. The average molecular weight is 410 g/mol. The van der Waals surface area contributed by atoms with Crippen LogP contribution in [0.25, 0.3) is 10.9 Å². The SMILES string of the molecule is NNc1nc(Oc2ccc(Br)cc2Br)c2ccccc2n1. The Kier molecular flexibility index (Phi) is 4.05. The van der Waals surface area contributed by atoms with Crippen molar-refractivity contribution in [1.29, 1.82) is 0 Å². The number of nitrogen functional groups attached to an aromatic ring is 1. The second-order valence-electron chi connectivity index (χ2n) is 4.19. The number of rotatable bonds is 3. The summed E-state index contributed by atoms with van der Waals surface area (Å²) < 4.78 is 7.68. The van der Waals surface area contributed by atoms with Gasteiger partial charge in [0.05, 0.1) is 15.4 Å². The number of hydrazine groups is 1. The molecule has 0 fully saturated rings. The zero-order chi connectivity index (χ0) is 14.8. The van der Waals surface area contributed by atoms with E-state index in [2.05, 4.69) is 47.3 Å². The maximum Gasteiger partial charge on any atom is 0.241 e. The van der Waals surface area contributed by atoms with E-state index < -0.39 is 0 Å². The average Bonchev–Trinajstić information content (AvgIpc) is 2.49. The molecule has 0 radical (unpaired) electrons. The monoisotopic (exact) mass is 408 g/mol. The summed E-state index contributed by atoms with van der Waals surface area (Å²) in [6, 6.07) is 13.2. The highest BCUT2D eigenvalue weighted by atomic mass is 79.9. The van der Waals surface area contributed by atoms with Gasteiger partial charge in [-0.05, 0) is 46.3 Å². The Morgan fingerprint density at radius 3 is 2.62 bits per heavy atom. The predicted molar refractivity (Wildman–Crippen MR) is 89.3 cm³/mol. The van der Waals surface area contributed by atoms with Gasteiger partial charge in [-0.2, -0.15) is 4.98 Å². The number of halogens is 2. The number of hydrogen-bond acceptors (Lipinski definition) is 5. The maximum atomic E-state index is 5.91. The molecule has 0 saturated heterocycles. The van der Waals surface area contributed by atoms with Gasteiger partial charge in [-0.1, -0.05) is 28.1 Å². The molecule has 0 saturated carbocycles. The Morgan fingerprint density at radius 2 is 1.86 bits per heavy atom.